The van der Waals surface area contributed by atoms with Gasteiger partial charge in [-0.15, -0.1) is 0 Å². The molecule has 2 aromatic rings. The second-order valence-corrected chi connectivity index (χ2v) is 19.9. The Morgan fingerprint density at radius 2 is 1.23 bits per heavy atom. The SMILES string of the molecule is CC(C)CC(CCO)NC(=O)[C@H](CC(C)C)NC(=O)[C@@H](NC(=O)[C@H](CCCNC(N)=O)NC(=O)C(C)C)[C@H](C)OC(=O)[C@@H](NC(=O)C(Cc1ccc(O)cc1)N(C)C(=O)C(Cc1ccccc1)NC=O)C(C)C. The topological polar surface area (TPSA) is 317 Å². The Hall–Kier alpha value is -6.77. The quantitative estimate of drug-likeness (QED) is 0.0285. The van der Waals surface area contributed by atoms with Crippen LogP contribution in [0.3, 0.4) is 0 Å². The van der Waals surface area contributed by atoms with Gasteiger partial charge < -0.3 is 62.8 Å². The van der Waals surface area contributed by atoms with Crippen LogP contribution in [0.25, 0.3) is 0 Å². The first-order valence-corrected chi connectivity index (χ1v) is 25.0. The van der Waals surface area contributed by atoms with Gasteiger partial charge in [-0.25, -0.2) is 9.59 Å². The monoisotopic (exact) mass is 1020 g/mol. The molecule has 0 radical (unpaired) electrons. The maximum Gasteiger partial charge on any atom is 0.329 e. The smallest absolute Gasteiger partial charge is 0.329 e. The number of likely N-dealkylation sites (N-methyl/N-ethyl adjacent to an activating group) is 1. The Morgan fingerprint density at radius 1 is 0.658 bits per heavy atom. The number of hydrogen-bond acceptors (Lipinski definition) is 12. The standard InChI is InChI=1S/C52H81N9O12/c1-30(2)25-37(22-24-62)56-47(67)40(26-31(3)4)58-49(69)44(60-46(66)39(57-45(65)33(7)8)17-14-23-54-52(53)72)34(9)73-51(71)43(32(5)6)59-48(68)42(28-36-18-20-38(64)21-19-36)61(10)50(70)41(55-29-63)27-35-15-12-11-13-16-35/h11-13,15-16,18-21,29-34,37,39-44,62,64H,14,17,22-28H2,1-10H3,(H,55,63)(H,56,67)(H,57,65)(H,58,69)(H,59,68)(H,60,66)(H3,53,54,72)/t34-,37?,39-,40-,41?,42?,43-,44-/m0/s1. The predicted molar refractivity (Wildman–Crippen MR) is 274 cm³/mol. The van der Waals surface area contributed by atoms with Crippen molar-refractivity contribution >= 4 is 53.9 Å². The van der Waals surface area contributed by atoms with Crippen LogP contribution in [0.4, 0.5) is 4.79 Å². The Kier molecular flexibility index (Phi) is 27.0. The molecule has 0 aliphatic carbocycles. The average Bonchev–Trinajstić information content (AvgIpc) is 3.31. The largest absolute Gasteiger partial charge is 0.508 e. The van der Waals surface area contributed by atoms with Crippen molar-refractivity contribution in [2.75, 3.05) is 20.2 Å². The van der Waals surface area contributed by atoms with Crippen LogP contribution < -0.4 is 43.0 Å². The zero-order valence-electron chi connectivity index (χ0n) is 44.1. The third-order valence-corrected chi connectivity index (χ3v) is 11.9. The van der Waals surface area contributed by atoms with Crippen LogP contribution in [0.1, 0.15) is 106 Å². The van der Waals surface area contributed by atoms with Gasteiger partial charge in [0.25, 0.3) is 0 Å². The van der Waals surface area contributed by atoms with Crippen LogP contribution in [0.2, 0.25) is 0 Å². The molecule has 8 atom stereocenters. The number of nitrogens with zero attached hydrogens (tertiary/aromatic N) is 1. The van der Waals surface area contributed by atoms with E-state index in [9.17, 15) is 53.4 Å². The van der Waals surface area contributed by atoms with Crippen molar-refractivity contribution in [1.82, 2.24) is 42.1 Å². The minimum Gasteiger partial charge on any atom is -0.508 e. The molecule has 0 saturated carbocycles. The lowest BCUT2D eigenvalue weighted by molar-refractivity contribution is -0.157. The molecule has 0 spiro atoms. The van der Waals surface area contributed by atoms with E-state index in [1.54, 1.807) is 70.2 Å². The summed E-state index contributed by atoms with van der Waals surface area (Å²) in [5.41, 5.74) is 6.50. The van der Waals surface area contributed by atoms with Crippen LogP contribution in [-0.2, 0) is 55.9 Å². The molecule has 0 aliphatic rings. The van der Waals surface area contributed by atoms with Crippen LogP contribution in [0, 0.1) is 23.7 Å². The van der Waals surface area contributed by atoms with E-state index in [0.29, 0.717) is 18.4 Å². The van der Waals surface area contributed by atoms with Crippen LogP contribution in [-0.4, -0.2) is 138 Å². The maximum atomic E-state index is 14.6. The van der Waals surface area contributed by atoms with E-state index in [-0.39, 0.29) is 69.3 Å². The minimum absolute atomic E-state index is 0.0184. The number of aliphatic hydroxyl groups is 1. The minimum atomic E-state index is -1.70. The fraction of sp³-hybridized carbons (Fsp3) is 0.596. The van der Waals surface area contributed by atoms with E-state index in [1.807, 2.05) is 27.7 Å². The molecular weight excluding hydrogens is 943 g/mol. The van der Waals surface area contributed by atoms with E-state index in [0.717, 1.165) is 5.56 Å². The Balaban J connectivity index is 2.61. The first-order chi connectivity index (χ1) is 34.4. The van der Waals surface area contributed by atoms with Gasteiger partial charge in [-0.1, -0.05) is 97.9 Å². The summed E-state index contributed by atoms with van der Waals surface area (Å²) in [4.78, 5) is 123. The predicted octanol–water partition coefficient (Wildman–Crippen LogP) is 1.71. The molecular formula is C52H81N9O12. The summed E-state index contributed by atoms with van der Waals surface area (Å²) < 4.78 is 5.94. The van der Waals surface area contributed by atoms with Crippen LogP contribution in [0.15, 0.2) is 54.6 Å². The van der Waals surface area contributed by atoms with E-state index in [2.05, 4.69) is 37.2 Å². The van der Waals surface area contributed by atoms with Gasteiger partial charge in [0.15, 0.2) is 0 Å². The number of esters is 1. The summed E-state index contributed by atoms with van der Waals surface area (Å²) in [5, 5.41) is 38.4. The molecule has 0 heterocycles. The molecule has 2 rings (SSSR count). The molecule has 21 heteroatoms. The molecule has 21 nitrogen and oxygen atoms in total. The van der Waals surface area contributed by atoms with Gasteiger partial charge in [-0.3, -0.25) is 33.6 Å². The molecule has 406 valence electrons. The number of hydrogen-bond donors (Lipinski definition) is 10. The van der Waals surface area contributed by atoms with Crippen molar-refractivity contribution in [3.8, 4) is 5.75 Å². The highest BCUT2D eigenvalue weighted by Gasteiger charge is 2.39. The van der Waals surface area contributed by atoms with Gasteiger partial charge in [0.05, 0.1) is 0 Å². The molecule has 0 aliphatic heterocycles. The van der Waals surface area contributed by atoms with Crippen molar-refractivity contribution in [3.63, 3.8) is 0 Å². The Morgan fingerprint density at radius 3 is 1.78 bits per heavy atom. The van der Waals surface area contributed by atoms with Gasteiger partial charge in [-0.05, 0) is 80.0 Å². The summed E-state index contributed by atoms with van der Waals surface area (Å²) in [7, 11) is 1.39. The van der Waals surface area contributed by atoms with Crippen LogP contribution >= 0.6 is 0 Å². The number of carbonyl (C=O) groups excluding carboxylic acids is 9. The van der Waals surface area contributed by atoms with Crippen molar-refractivity contribution in [1.29, 1.82) is 0 Å². The first-order valence-electron chi connectivity index (χ1n) is 25.0. The van der Waals surface area contributed by atoms with Gasteiger partial charge in [0.1, 0.15) is 48.1 Å². The Labute approximate surface area is 429 Å². The lowest BCUT2D eigenvalue weighted by atomic mass is 9.98. The van der Waals surface area contributed by atoms with Gasteiger partial charge in [0.2, 0.25) is 41.9 Å². The highest BCUT2D eigenvalue weighted by atomic mass is 16.5. The fourth-order valence-electron chi connectivity index (χ4n) is 7.90. The molecule has 2 aromatic carbocycles. The maximum absolute atomic E-state index is 14.6. The van der Waals surface area contributed by atoms with E-state index in [1.165, 1.54) is 31.0 Å². The lowest BCUT2D eigenvalue weighted by Gasteiger charge is -2.33. The summed E-state index contributed by atoms with van der Waals surface area (Å²) >= 11 is 0. The highest BCUT2D eigenvalue weighted by Crippen LogP contribution is 2.18. The number of urea groups is 1. The molecule has 9 amide bonds. The van der Waals surface area contributed by atoms with E-state index in [4.69, 9.17) is 10.5 Å². The normalized spacial score (nSPS) is 14.6. The molecule has 0 aromatic heterocycles. The number of phenolic OH excluding ortho intramolecular Hbond substituents is 1. The number of aromatic hydroxyl groups is 1. The number of nitrogens with one attached hydrogen (secondary N) is 7. The number of ether oxygens (including phenoxy) is 1. The third-order valence-electron chi connectivity index (χ3n) is 11.9. The average molecular weight is 1020 g/mol. The number of nitrogens with two attached hydrogens (primary N) is 1. The number of primary amides is 1. The molecule has 73 heavy (non-hydrogen) atoms. The summed E-state index contributed by atoms with van der Waals surface area (Å²) in [5.74, 6) is -6.43. The van der Waals surface area contributed by atoms with Gasteiger partial charge in [-0.2, -0.15) is 0 Å². The summed E-state index contributed by atoms with van der Waals surface area (Å²) in [6, 6.07) is 5.81. The molecule has 0 fully saturated rings. The van der Waals surface area contributed by atoms with Crippen molar-refractivity contribution < 1.29 is 58.1 Å². The summed E-state index contributed by atoms with van der Waals surface area (Å²) in [6.07, 6.45) is 0.0272. The number of benzene rings is 2. The first kappa shape index (κ1) is 62.3. The highest BCUT2D eigenvalue weighted by molar-refractivity contribution is 5.96. The number of phenols is 1. The van der Waals surface area contributed by atoms with Gasteiger partial charge in [0, 0.05) is 45.0 Å². The van der Waals surface area contributed by atoms with Crippen molar-refractivity contribution in [3.05, 3.63) is 65.7 Å². The van der Waals surface area contributed by atoms with E-state index < -0.39 is 108 Å². The second-order valence-electron chi connectivity index (χ2n) is 19.9. The molecule has 11 N–H and O–H groups in total. The van der Waals surface area contributed by atoms with Crippen molar-refractivity contribution in [2.24, 2.45) is 29.4 Å². The Bertz CT molecular complexity index is 2110. The third kappa shape index (κ3) is 22.3. The van der Waals surface area contributed by atoms with E-state index >= 15 is 0 Å². The number of carbonyl (C=O) groups is 9. The zero-order valence-corrected chi connectivity index (χ0v) is 44.1. The zero-order chi connectivity index (χ0) is 54.9. The molecule has 0 saturated heterocycles. The second kappa shape index (κ2) is 31.6. The molecule has 0 bridgehead atoms. The summed E-state index contributed by atoms with van der Waals surface area (Å²) in [6.45, 7) is 15.3. The van der Waals surface area contributed by atoms with Crippen molar-refractivity contribution in [2.45, 2.75) is 156 Å². The molecule has 3 unspecified atom stereocenters. The van der Waals surface area contributed by atoms with Gasteiger partial charge >= 0.3 is 12.0 Å². The lowest BCUT2D eigenvalue weighted by Crippen LogP contribution is -2.61. The fourth-order valence-corrected chi connectivity index (χ4v) is 7.90. The number of amides is 9. The van der Waals surface area contributed by atoms with Crippen LogP contribution in [0.5, 0.6) is 5.75 Å². The number of aliphatic hydroxyl groups excluding tert-OH is 1. The number of rotatable bonds is 32.